The first-order valence-corrected chi connectivity index (χ1v) is 7.94. The molecule has 0 radical (unpaired) electrons. The minimum absolute atomic E-state index is 0.172. The van der Waals surface area contributed by atoms with Crippen LogP contribution in [0.25, 0.3) is 0 Å². The minimum atomic E-state index is -1.29. The molecule has 10 heteroatoms. The van der Waals surface area contributed by atoms with Crippen molar-refractivity contribution in [2.75, 3.05) is 0 Å². The number of hydrazone groups is 1. The van der Waals surface area contributed by atoms with Gasteiger partial charge in [0.15, 0.2) is 0 Å². The summed E-state index contributed by atoms with van der Waals surface area (Å²) >= 11 is 2.18. The van der Waals surface area contributed by atoms with Crippen LogP contribution in [0, 0.1) is 30.7 Å². The van der Waals surface area contributed by atoms with Crippen LogP contribution >= 0.6 is 22.6 Å². The monoisotopic (exact) mass is 459 g/mol. The molecule has 0 aliphatic rings. The predicted molar refractivity (Wildman–Crippen MR) is 97.5 cm³/mol. The maximum absolute atomic E-state index is 13.5. The number of nitrogens with one attached hydrogen (secondary N) is 3. The van der Waals surface area contributed by atoms with Gasteiger partial charge in [-0.2, -0.15) is 9.49 Å². The van der Waals surface area contributed by atoms with Crippen LogP contribution in [-0.4, -0.2) is 17.1 Å². The van der Waals surface area contributed by atoms with Gasteiger partial charge in [-0.05, 0) is 46.4 Å². The molecule has 0 atom stereocenters. The van der Waals surface area contributed by atoms with Gasteiger partial charge in [0.1, 0.15) is 5.82 Å². The second-order valence-corrected chi connectivity index (χ2v) is 6.05. The lowest BCUT2D eigenvalue weighted by atomic mass is 10.2. The highest BCUT2D eigenvalue weighted by Gasteiger charge is 2.20. The van der Waals surface area contributed by atoms with Crippen molar-refractivity contribution >= 4 is 40.5 Å². The number of halogens is 3. The van der Waals surface area contributed by atoms with Crippen LogP contribution in [0.15, 0.2) is 41.5 Å². The predicted octanol–water partition coefficient (Wildman–Crippen LogP) is 3.13. The second kappa shape index (κ2) is 8.46. The summed E-state index contributed by atoms with van der Waals surface area (Å²) in [4.78, 5) is 9.88. The number of rotatable bonds is 5. The standard InChI is InChI=1S/C15H12F2IN5O2/c16-11-5-10(14(23(24)25)13(17)6-11)8-21-22-15(19)20-7-9-1-3-12(18)4-2-9/h1-6,8H,7H2,(H3,19,20,22). The van der Waals surface area contributed by atoms with E-state index in [9.17, 15) is 18.9 Å². The van der Waals surface area contributed by atoms with E-state index >= 15 is 0 Å². The molecule has 0 unspecified atom stereocenters. The lowest BCUT2D eigenvalue weighted by Crippen LogP contribution is -2.32. The summed E-state index contributed by atoms with van der Waals surface area (Å²) in [5.41, 5.74) is 2.00. The molecule has 0 spiro atoms. The number of nitro groups is 1. The number of nitrogens with zero attached hydrogens (tertiary/aromatic N) is 2. The van der Waals surface area contributed by atoms with Crippen molar-refractivity contribution in [2.45, 2.75) is 6.54 Å². The van der Waals surface area contributed by atoms with E-state index in [2.05, 4.69) is 38.4 Å². The van der Waals surface area contributed by atoms with Gasteiger partial charge in [-0.3, -0.25) is 15.5 Å². The summed E-state index contributed by atoms with van der Waals surface area (Å²) in [7, 11) is 0. The molecule has 0 amide bonds. The normalized spacial score (nSPS) is 10.7. The number of nitro benzene ring substituents is 1. The Morgan fingerprint density at radius 1 is 1.32 bits per heavy atom. The number of benzene rings is 2. The van der Waals surface area contributed by atoms with Gasteiger partial charge >= 0.3 is 5.69 Å². The highest BCUT2D eigenvalue weighted by atomic mass is 127. The summed E-state index contributed by atoms with van der Waals surface area (Å²) < 4.78 is 27.7. The van der Waals surface area contributed by atoms with Gasteiger partial charge in [-0.15, -0.1) is 0 Å². The average Bonchev–Trinajstić information content (AvgIpc) is 2.53. The molecule has 0 aromatic heterocycles. The number of hydrogen-bond donors (Lipinski definition) is 3. The largest absolute Gasteiger partial charge is 0.351 e. The third-order valence-corrected chi connectivity index (χ3v) is 3.72. The van der Waals surface area contributed by atoms with Crippen LogP contribution < -0.4 is 10.7 Å². The van der Waals surface area contributed by atoms with Crippen molar-refractivity contribution in [3.05, 3.63) is 72.8 Å². The number of hydrogen-bond acceptors (Lipinski definition) is 4. The van der Waals surface area contributed by atoms with Gasteiger partial charge < -0.3 is 5.32 Å². The zero-order chi connectivity index (χ0) is 18.4. The van der Waals surface area contributed by atoms with Crippen LogP contribution in [0.4, 0.5) is 14.5 Å². The first-order chi connectivity index (χ1) is 11.9. The third-order valence-electron chi connectivity index (χ3n) is 3.00. The van der Waals surface area contributed by atoms with Crippen LogP contribution in [0.2, 0.25) is 0 Å². The summed E-state index contributed by atoms with van der Waals surface area (Å²) in [5, 5.41) is 24.8. The SMILES string of the molecule is N=C(NCc1ccc(I)cc1)NN=Cc1cc(F)cc(F)c1[N+](=O)[O-]. The van der Waals surface area contributed by atoms with Crippen LogP contribution in [0.3, 0.4) is 0 Å². The smallest absolute Gasteiger partial charge is 0.313 e. The molecule has 3 N–H and O–H groups in total. The molecular formula is C15H12F2IN5O2. The van der Waals surface area contributed by atoms with Crippen molar-refractivity contribution in [3.63, 3.8) is 0 Å². The Morgan fingerprint density at radius 2 is 2.00 bits per heavy atom. The van der Waals surface area contributed by atoms with Gasteiger partial charge in [0.25, 0.3) is 0 Å². The maximum Gasteiger partial charge on any atom is 0.313 e. The fourth-order valence-electron chi connectivity index (χ4n) is 1.88. The molecule has 2 aromatic carbocycles. The molecule has 130 valence electrons. The zero-order valence-corrected chi connectivity index (χ0v) is 14.8. The molecule has 0 saturated heterocycles. The molecule has 0 aliphatic heterocycles. The van der Waals surface area contributed by atoms with Crippen molar-refractivity contribution in [2.24, 2.45) is 5.10 Å². The Labute approximate surface area is 154 Å². The molecular weight excluding hydrogens is 447 g/mol. The summed E-state index contributed by atoms with van der Waals surface area (Å²) in [5.74, 6) is -2.43. The molecule has 7 nitrogen and oxygen atoms in total. The van der Waals surface area contributed by atoms with Gasteiger partial charge in [0, 0.05) is 16.2 Å². The maximum atomic E-state index is 13.5. The zero-order valence-electron chi connectivity index (χ0n) is 12.6. The van der Waals surface area contributed by atoms with Crippen LogP contribution in [0.5, 0.6) is 0 Å². The van der Waals surface area contributed by atoms with Crippen LogP contribution in [0.1, 0.15) is 11.1 Å². The molecule has 0 heterocycles. The summed E-state index contributed by atoms with van der Waals surface area (Å²) in [6, 6.07) is 8.84. The Hall–Kier alpha value is -2.63. The molecule has 0 saturated carbocycles. The lowest BCUT2D eigenvalue weighted by Gasteiger charge is -2.07. The Bertz CT molecular complexity index is 827. The van der Waals surface area contributed by atoms with Crippen LogP contribution in [-0.2, 0) is 6.54 Å². The quantitative estimate of drug-likeness (QED) is 0.210. The Kier molecular flexibility index (Phi) is 6.33. The first kappa shape index (κ1) is 18.7. The van der Waals surface area contributed by atoms with E-state index in [1.165, 1.54) is 0 Å². The number of guanidine groups is 1. The molecule has 0 aliphatic carbocycles. The lowest BCUT2D eigenvalue weighted by molar-refractivity contribution is -0.387. The summed E-state index contributed by atoms with van der Waals surface area (Å²) in [6.45, 7) is 0.368. The highest BCUT2D eigenvalue weighted by molar-refractivity contribution is 14.1. The van der Waals surface area contributed by atoms with Crippen molar-refractivity contribution in [3.8, 4) is 0 Å². The van der Waals surface area contributed by atoms with Gasteiger partial charge in [0.05, 0.1) is 16.7 Å². The fraction of sp³-hybridized carbons (Fsp3) is 0.0667. The van der Waals surface area contributed by atoms with E-state index in [1.807, 2.05) is 24.3 Å². The van der Waals surface area contributed by atoms with E-state index in [0.29, 0.717) is 12.6 Å². The van der Waals surface area contributed by atoms with Crippen molar-refractivity contribution in [1.29, 1.82) is 5.41 Å². The first-order valence-electron chi connectivity index (χ1n) is 6.86. The van der Waals surface area contributed by atoms with Gasteiger partial charge in [-0.1, -0.05) is 12.1 Å². The Balaban J connectivity index is 1.97. The molecule has 2 aromatic rings. The van der Waals surface area contributed by atoms with E-state index in [-0.39, 0.29) is 11.5 Å². The molecule has 2 rings (SSSR count). The topological polar surface area (TPSA) is 103 Å². The second-order valence-electron chi connectivity index (χ2n) is 4.81. The third kappa shape index (κ3) is 5.45. The molecule has 25 heavy (non-hydrogen) atoms. The van der Waals surface area contributed by atoms with E-state index in [0.717, 1.165) is 21.4 Å². The fourth-order valence-corrected chi connectivity index (χ4v) is 2.24. The highest BCUT2D eigenvalue weighted by Crippen LogP contribution is 2.22. The van der Waals surface area contributed by atoms with E-state index in [4.69, 9.17) is 5.41 Å². The van der Waals surface area contributed by atoms with Crippen molar-refractivity contribution < 1.29 is 13.7 Å². The van der Waals surface area contributed by atoms with E-state index < -0.39 is 22.2 Å². The van der Waals surface area contributed by atoms with Gasteiger partial charge in [0.2, 0.25) is 11.8 Å². The molecule has 0 fully saturated rings. The van der Waals surface area contributed by atoms with Crippen molar-refractivity contribution in [1.82, 2.24) is 10.7 Å². The average molecular weight is 459 g/mol. The van der Waals surface area contributed by atoms with E-state index in [1.54, 1.807) is 0 Å². The minimum Gasteiger partial charge on any atom is -0.351 e. The summed E-state index contributed by atoms with van der Waals surface area (Å²) in [6.07, 6.45) is 0.880. The van der Waals surface area contributed by atoms with Gasteiger partial charge in [-0.25, -0.2) is 9.82 Å². The Morgan fingerprint density at radius 3 is 2.64 bits per heavy atom. The molecule has 0 bridgehead atoms.